The Hall–Kier alpha value is -1.28. The summed E-state index contributed by atoms with van der Waals surface area (Å²) in [6, 6.07) is 11.6. The van der Waals surface area contributed by atoms with Gasteiger partial charge >= 0.3 is 0 Å². The fourth-order valence-electron chi connectivity index (χ4n) is 3.64. The molecule has 2 aliphatic rings. The summed E-state index contributed by atoms with van der Waals surface area (Å²) < 4.78 is 5.36. The maximum absolute atomic E-state index is 5.36. The summed E-state index contributed by atoms with van der Waals surface area (Å²) in [6.07, 6.45) is 5.44. The SMILES string of the molecule is CN=C(NCCC1=CCOCC1)NC1CC(C)N(c2ccccc2)C1.I. The van der Waals surface area contributed by atoms with Gasteiger partial charge in [0.1, 0.15) is 0 Å². The van der Waals surface area contributed by atoms with Gasteiger partial charge in [-0.3, -0.25) is 4.99 Å². The number of benzene rings is 1. The van der Waals surface area contributed by atoms with Gasteiger partial charge in [0, 0.05) is 37.9 Å². The molecule has 2 unspecified atom stereocenters. The van der Waals surface area contributed by atoms with Crippen molar-refractivity contribution in [2.45, 2.75) is 38.3 Å². The molecular weight excluding hydrogens is 439 g/mol. The van der Waals surface area contributed by atoms with E-state index in [1.165, 1.54) is 11.3 Å². The molecule has 0 aromatic heterocycles. The maximum atomic E-state index is 5.36. The molecule has 0 spiro atoms. The van der Waals surface area contributed by atoms with E-state index < -0.39 is 0 Å². The lowest BCUT2D eigenvalue weighted by Gasteiger charge is -2.23. The predicted molar refractivity (Wildman–Crippen MR) is 120 cm³/mol. The molecule has 2 aliphatic heterocycles. The number of guanidine groups is 1. The molecule has 1 aromatic rings. The van der Waals surface area contributed by atoms with E-state index in [1.807, 2.05) is 7.05 Å². The van der Waals surface area contributed by atoms with Crippen molar-refractivity contribution in [3.05, 3.63) is 42.0 Å². The lowest BCUT2D eigenvalue weighted by atomic mass is 10.1. The van der Waals surface area contributed by atoms with Crippen LogP contribution in [0.3, 0.4) is 0 Å². The second-order valence-electron chi connectivity index (χ2n) is 6.85. The number of hydrogen-bond acceptors (Lipinski definition) is 3. The number of nitrogens with zero attached hydrogens (tertiary/aromatic N) is 2. The Kier molecular flexibility index (Phi) is 8.71. The molecule has 0 bridgehead atoms. The Balaban J connectivity index is 0.00000243. The van der Waals surface area contributed by atoms with Crippen molar-refractivity contribution in [3.8, 4) is 0 Å². The summed E-state index contributed by atoms with van der Waals surface area (Å²) in [5.41, 5.74) is 2.78. The minimum absolute atomic E-state index is 0. The normalized spacial score (nSPS) is 23.2. The van der Waals surface area contributed by atoms with Crippen LogP contribution >= 0.6 is 24.0 Å². The molecule has 0 aliphatic carbocycles. The molecule has 144 valence electrons. The molecule has 26 heavy (non-hydrogen) atoms. The highest BCUT2D eigenvalue weighted by Gasteiger charge is 2.29. The van der Waals surface area contributed by atoms with Crippen LogP contribution < -0.4 is 15.5 Å². The fourth-order valence-corrected chi connectivity index (χ4v) is 3.64. The highest BCUT2D eigenvalue weighted by Crippen LogP contribution is 2.25. The lowest BCUT2D eigenvalue weighted by Crippen LogP contribution is -2.45. The van der Waals surface area contributed by atoms with Crippen LogP contribution in [0.1, 0.15) is 26.2 Å². The number of anilines is 1. The van der Waals surface area contributed by atoms with E-state index in [0.29, 0.717) is 12.1 Å². The number of ether oxygens (including phenoxy) is 1. The predicted octanol–water partition coefficient (Wildman–Crippen LogP) is 3.17. The second-order valence-corrected chi connectivity index (χ2v) is 6.85. The van der Waals surface area contributed by atoms with Crippen LogP contribution in [0.25, 0.3) is 0 Å². The van der Waals surface area contributed by atoms with E-state index in [4.69, 9.17) is 4.74 Å². The zero-order valence-electron chi connectivity index (χ0n) is 15.8. The van der Waals surface area contributed by atoms with E-state index in [2.05, 4.69) is 63.9 Å². The van der Waals surface area contributed by atoms with E-state index >= 15 is 0 Å². The fraction of sp³-hybridized carbons (Fsp3) is 0.550. The van der Waals surface area contributed by atoms with Crippen molar-refractivity contribution in [1.82, 2.24) is 10.6 Å². The minimum atomic E-state index is 0. The molecule has 3 rings (SSSR count). The van der Waals surface area contributed by atoms with Gasteiger partial charge in [0.2, 0.25) is 0 Å². The van der Waals surface area contributed by atoms with Gasteiger partial charge in [0.15, 0.2) is 5.96 Å². The molecule has 6 heteroatoms. The molecule has 0 amide bonds. The Morgan fingerprint density at radius 3 is 2.81 bits per heavy atom. The van der Waals surface area contributed by atoms with Crippen LogP contribution in [0, 0.1) is 0 Å². The molecule has 0 saturated carbocycles. The van der Waals surface area contributed by atoms with E-state index in [-0.39, 0.29) is 24.0 Å². The zero-order valence-corrected chi connectivity index (χ0v) is 18.1. The molecule has 1 aromatic carbocycles. The van der Waals surface area contributed by atoms with Crippen LogP contribution in [0.15, 0.2) is 47.0 Å². The molecule has 5 nitrogen and oxygen atoms in total. The van der Waals surface area contributed by atoms with Crippen LogP contribution in [-0.4, -0.2) is 51.4 Å². The quantitative estimate of drug-likeness (QED) is 0.301. The summed E-state index contributed by atoms with van der Waals surface area (Å²) in [4.78, 5) is 6.86. The molecule has 1 saturated heterocycles. The van der Waals surface area contributed by atoms with Crippen molar-refractivity contribution in [3.63, 3.8) is 0 Å². The van der Waals surface area contributed by atoms with E-state index in [0.717, 1.165) is 51.5 Å². The summed E-state index contributed by atoms with van der Waals surface area (Å²) in [5, 5.41) is 7.04. The Morgan fingerprint density at radius 1 is 1.31 bits per heavy atom. The molecule has 0 radical (unpaired) electrons. The smallest absolute Gasteiger partial charge is 0.191 e. The monoisotopic (exact) mass is 470 g/mol. The van der Waals surface area contributed by atoms with Gasteiger partial charge in [-0.05, 0) is 38.3 Å². The van der Waals surface area contributed by atoms with Crippen LogP contribution in [-0.2, 0) is 4.74 Å². The molecule has 2 atom stereocenters. The van der Waals surface area contributed by atoms with Crippen molar-refractivity contribution in [1.29, 1.82) is 0 Å². The first-order chi connectivity index (χ1) is 12.3. The number of nitrogens with one attached hydrogen (secondary N) is 2. The maximum Gasteiger partial charge on any atom is 0.191 e. The van der Waals surface area contributed by atoms with Gasteiger partial charge in [0.25, 0.3) is 0 Å². The molecular formula is C20H31IN4O. The van der Waals surface area contributed by atoms with Gasteiger partial charge in [-0.1, -0.05) is 29.8 Å². The number of halogens is 1. The number of rotatable bonds is 5. The Morgan fingerprint density at radius 2 is 2.12 bits per heavy atom. The van der Waals surface area contributed by atoms with E-state index in [1.54, 1.807) is 0 Å². The van der Waals surface area contributed by atoms with Crippen LogP contribution in [0.5, 0.6) is 0 Å². The topological polar surface area (TPSA) is 48.9 Å². The third-order valence-electron chi connectivity index (χ3n) is 5.02. The number of para-hydroxylation sites is 1. The Labute approximate surface area is 174 Å². The summed E-state index contributed by atoms with van der Waals surface area (Å²) >= 11 is 0. The average molecular weight is 470 g/mol. The highest BCUT2D eigenvalue weighted by molar-refractivity contribution is 14.0. The van der Waals surface area contributed by atoms with Gasteiger partial charge in [0.05, 0.1) is 13.2 Å². The first-order valence-electron chi connectivity index (χ1n) is 9.31. The Bertz CT molecular complexity index is 605. The van der Waals surface area contributed by atoms with Gasteiger partial charge < -0.3 is 20.3 Å². The molecule has 1 fully saturated rings. The second kappa shape index (κ2) is 10.8. The van der Waals surface area contributed by atoms with E-state index in [9.17, 15) is 0 Å². The van der Waals surface area contributed by atoms with Gasteiger partial charge in [-0.25, -0.2) is 0 Å². The molecule has 2 heterocycles. The minimum Gasteiger partial charge on any atom is -0.377 e. The standard InChI is InChI=1S/C20H30N4O.HI/c1-16-14-18(15-24(16)19-6-4-3-5-7-19)23-20(21-2)22-11-8-17-9-12-25-13-10-17;/h3-7,9,16,18H,8,10-15H2,1-2H3,(H2,21,22,23);1H. The summed E-state index contributed by atoms with van der Waals surface area (Å²) in [7, 11) is 1.84. The van der Waals surface area contributed by atoms with Crippen molar-refractivity contribution in [2.75, 3.05) is 38.3 Å². The average Bonchev–Trinajstić information content (AvgIpc) is 3.02. The van der Waals surface area contributed by atoms with Crippen LogP contribution in [0.4, 0.5) is 5.69 Å². The third kappa shape index (κ3) is 5.87. The van der Waals surface area contributed by atoms with Crippen LogP contribution in [0.2, 0.25) is 0 Å². The zero-order chi connectivity index (χ0) is 17.5. The van der Waals surface area contributed by atoms with Gasteiger partial charge in [-0.15, -0.1) is 24.0 Å². The first-order valence-corrected chi connectivity index (χ1v) is 9.31. The first kappa shape index (κ1) is 21.0. The van der Waals surface area contributed by atoms with Crippen molar-refractivity contribution in [2.24, 2.45) is 4.99 Å². The van der Waals surface area contributed by atoms with Gasteiger partial charge in [-0.2, -0.15) is 0 Å². The third-order valence-corrected chi connectivity index (χ3v) is 5.02. The highest BCUT2D eigenvalue weighted by atomic mass is 127. The number of aliphatic imine (C=N–C) groups is 1. The molecule has 2 N–H and O–H groups in total. The summed E-state index contributed by atoms with van der Waals surface area (Å²) in [6.45, 7) is 5.83. The summed E-state index contributed by atoms with van der Waals surface area (Å²) in [5.74, 6) is 0.903. The van der Waals surface area contributed by atoms with Crippen molar-refractivity contribution < 1.29 is 4.74 Å². The van der Waals surface area contributed by atoms with Crippen molar-refractivity contribution >= 4 is 35.6 Å². The lowest BCUT2D eigenvalue weighted by molar-refractivity contribution is 0.153. The largest absolute Gasteiger partial charge is 0.377 e. The number of hydrogen-bond donors (Lipinski definition) is 2.